The molecule has 0 aromatic heterocycles. The lowest BCUT2D eigenvalue weighted by atomic mass is 9.90. The van der Waals surface area contributed by atoms with Gasteiger partial charge in [0.25, 0.3) is 0 Å². The van der Waals surface area contributed by atoms with Gasteiger partial charge in [0.1, 0.15) is 0 Å². The van der Waals surface area contributed by atoms with E-state index in [1.54, 1.807) is 4.90 Å². The van der Waals surface area contributed by atoms with E-state index >= 15 is 0 Å². The molecule has 1 saturated heterocycles. The van der Waals surface area contributed by atoms with Gasteiger partial charge in [-0.05, 0) is 44.2 Å². The Kier molecular flexibility index (Phi) is 5.94. The molecule has 1 aliphatic rings. The molecule has 1 amide bonds. The normalized spacial score (nSPS) is 21.3. The standard InChI is InChI=1S/C19H27NO3/c1-13-6-7-14(2)16(11-13)18(22)8-9-19(23)20-10-4-5-15(3)17(20)12-21/h6-7,11,15,17,21H,4-5,8-10,12H2,1-3H3. The molecule has 126 valence electrons. The number of Topliss-reactive ketones (excluding diaryl/α,β-unsaturated/α-hetero) is 1. The molecule has 1 N–H and O–H groups in total. The van der Waals surface area contributed by atoms with Gasteiger partial charge in [-0.3, -0.25) is 9.59 Å². The van der Waals surface area contributed by atoms with Crippen molar-refractivity contribution in [2.24, 2.45) is 5.92 Å². The Balaban J connectivity index is 1.98. The van der Waals surface area contributed by atoms with Crippen molar-refractivity contribution in [2.75, 3.05) is 13.2 Å². The zero-order chi connectivity index (χ0) is 17.0. The summed E-state index contributed by atoms with van der Waals surface area (Å²) in [6.07, 6.45) is 2.45. The molecular formula is C19H27NO3. The first-order valence-corrected chi connectivity index (χ1v) is 8.44. The number of amides is 1. The van der Waals surface area contributed by atoms with Crippen LogP contribution in [-0.4, -0.2) is 40.9 Å². The van der Waals surface area contributed by atoms with Gasteiger partial charge in [-0.1, -0.05) is 24.6 Å². The van der Waals surface area contributed by atoms with E-state index in [-0.39, 0.29) is 37.2 Å². The van der Waals surface area contributed by atoms with Gasteiger partial charge in [0.15, 0.2) is 5.78 Å². The number of aryl methyl sites for hydroxylation is 2. The van der Waals surface area contributed by atoms with Gasteiger partial charge in [-0.15, -0.1) is 0 Å². The second-order valence-corrected chi connectivity index (χ2v) is 6.70. The van der Waals surface area contributed by atoms with Gasteiger partial charge in [0, 0.05) is 24.9 Å². The molecule has 1 aliphatic heterocycles. The second kappa shape index (κ2) is 7.73. The van der Waals surface area contributed by atoms with Crippen LogP contribution in [0.15, 0.2) is 18.2 Å². The third-order valence-corrected chi connectivity index (χ3v) is 4.88. The number of likely N-dealkylation sites (tertiary alicyclic amines) is 1. The summed E-state index contributed by atoms with van der Waals surface area (Å²) in [7, 11) is 0. The monoisotopic (exact) mass is 317 g/mol. The molecule has 0 saturated carbocycles. The first-order valence-electron chi connectivity index (χ1n) is 8.44. The highest BCUT2D eigenvalue weighted by Crippen LogP contribution is 2.24. The van der Waals surface area contributed by atoms with Gasteiger partial charge in [-0.25, -0.2) is 0 Å². The number of carbonyl (C=O) groups is 2. The summed E-state index contributed by atoms with van der Waals surface area (Å²) in [4.78, 5) is 26.6. The zero-order valence-electron chi connectivity index (χ0n) is 14.3. The lowest BCUT2D eigenvalue weighted by Crippen LogP contribution is -2.49. The van der Waals surface area contributed by atoms with E-state index in [0.717, 1.165) is 24.0 Å². The predicted molar refractivity (Wildman–Crippen MR) is 90.5 cm³/mol. The number of ketones is 1. The molecule has 0 radical (unpaired) electrons. The molecule has 0 aliphatic carbocycles. The molecular weight excluding hydrogens is 290 g/mol. The first-order chi connectivity index (χ1) is 10.9. The van der Waals surface area contributed by atoms with E-state index in [0.29, 0.717) is 18.0 Å². The smallest absolute Gasteiger partial charge is 0.223 e. The van der Waals surface area contributed by atoms with E-state index in [4.69, 9.17) is 0 Å². The van der Waals surface area contributed by atoms with Gasteiger partial charge in [-0.2, -0.15) is 0 Å². The molecule has 0 bridgehead atoms. The van der Waals surface area contributed by atoms with Crippen LogP contribution in [-0.2, 0) is 4.79 Å². The van der Waals surface area contributed by atoms with Crippen LogP contribution in [0.25, 0.3) is 0 Å². The summed E-state index contributed by atoms with van der Waals surface area (Å²) in [6, 6.07) is 5.71. The third-order valence-electron chi connectivity index (χ3n) is 4.88. The van der Waals surface area contributed by atoms with Gasteiger partial charge < -0.3 is 10.0 Å². The molecule has 23 heavy (non-hydrogen) atoms. The highest BCUT2D eigenvalue weighted by Gasteiger charge is 2.31. The Morgan fingerprint density at radius 2 is 2.00 bits per heavy atom. The summed E-state index contributed by atoms with van der Waals surface area (Å²) in [5.41, 5.74) is 2.71. The lowest BCUT2D eigenvalue weighted by Gasteiger charge is -2.39. The van der Waals surface area contributed by atoms with Crippen molar-refractivity contribution >= 4 is 11.7 Å². The summed E-state index contributed by atoms with van der Waals surface area (Å²) >= 11 is 0. The van der Waals surface area contributed by atoms with Crippen molar-refractivity contribution in [3.8, 4) is 0 Å². The second-order valence-electron chi connectivity index (χ2n) is 6.70. The highest BCUT2D eigenvalue weighted by atomic mass is 16.3. The first kappa shape index (κ1) is 17.7. The molecule has 1 aromatic carbocycles. The number of hydrogen-bond donors (Lipinski definition) is 1. The van der Waals surface area contributed by atoms with E-state index < -0.39 is 0 Å². The number of carbonyl (C=O) groups excluding carboxylic acids is 2. The molecule has 2 rings (SSSR count). The topological polar surface area (TPSA) is 57.6 Å². The highest BCUT2D eigenvalue weighted by molar-refractivity contribution is 5.99. The van der Waals surface area contributed by atoms with Gasteiger partial charge in [0.05, 0.1) is 12.6 Å². The number of nitrogens with zero attached hydrogens (tertiary/aromatic N) is 1. The quantitative estimate of drug-likeness (QED) is 0.850. The maximum absolute atomic E-state index is 12.5. The maximum Gasteiger partial charge on any atom is 0.223 e. The van der Waals surface area contributed by atoms with Crippen LogP contribution in [0.5, 0.6) is 0 Å². The predicted octanol–water partition coefficient (Wildman–Crippen LogP) is 2.89. The number of aliphatic hydroxyl groups excluding tert-OH is 1. The average Bonchev–Trinajstić information content (AvgIpc) is 2.54. The Morgan fingerprint density at radius 1 is 1.26 bits per heavy atom. The van der Waals surface area contributed by atoms with Crippen LogP contribution in [0, 0.1) is 19.8 Å². The number of piperidine rings is 1. The molecule has 4 nitrogen and oxygen atoms in total. The van der Waals surface area contributed by atoms with E-state index in [1.807, 2.05) is 32.0 Å². The minimum Gasteiger partial charge on any atom is -0.394 e. The number of aliphatic hydroxyl groups is 1. The molecule has 2 unspecified atom stereocenters. The molecule has 0 spiro atoms. The Bertz CT molecular complexity index is 582. The SMILES string of the molecule is Cc1ccc(C)c(C(=O)CCC(=O)N2CCCC(C)C2CO)c1. The Labute approximate surface area is 138 Å². The van der Waals surface area contributed by atoms with Gasteiger partial charge in [0.2, 0.25) is 5.91 Å². The summed E-state index contributed by atoms with van der Waals surface area (Å²) in [5.74, 6) is 0.312. The van der Waals surface area contributed by atoms with Crippen molar-refractivity contribution in [3.05, 3.63) is 34.9 Å². The maximum atomic E-state index is 12.5. The number of rotatable bonds is 5. The van der Waals surface area contributed by atoms with Crippen molar-refractivity contribution < 1.29 is 14.7 Å². The Hall–Kier alpha value is -1.68. The number of hydrogen-bond acceptors (Lipinski definition) is 3. The van der Waals surface area contributed by atoms with Crippen LogP contribution >= 0.6 is 0 Å². The lowest BCUT2D eigenvalue weighted by molar-refractivity contribution is -0.137. The fourth-order valence-electron chi connectivity index (χ4n) is 3.37. The summed E-state index contributed by atoms with van der Waals surface area (Å²) < 4.78 is 0. The number of benzene rings is 1. The van der Waals surface area contributed by atoms with E-state index in [2.05, 4.69) is 6.92 Å². The average molecular weight is 317 g/mol. The zero-order valence-corrected chi connectivity index (χ0v) is 14.3. The molecule has 1 fully saturated rings. The minimum atomic E-state index is -0.105. The van der Waals surface area contributed by atoms with Gasteiger partial charge >= 0.3 is 0 Å². The van der Waals surface area contributed by atoms with E-state index in [9.17, 15) is 14.7 Å². The van der Waals surface area contributed by atoms with Crippen molar-refractivity contribution in [2.45, 2.75) is 52.5 Å². The van der Waals surface area contributed by atoms with Crippen LogP contribution < -0.4 is 0 Å². The fourth-order valence-corrected chi connectivity index (χ4v) is 3.37. The minimum absolute atomic E-state index is 0.00214. The molecule has 1 aromatic rings. The largest absolute Gasteiger partial charge is 0.394 e. The van der Waals surface area contributed by atoms with Crippen molar-refractivity contribution in [3.63, 3.8) is 0 Å². The van der Waals surface area contributed by atoms with Crippen LogP contribution in [0.3, 0.4) is 0 Å². The van der Waals surface area contributed by atoms with Crippen molar-refractivity contribution in [1.82, 2.24) is 4.90 Å². The van der Waals surface area contributed by atoms with Crippen LogP contribution in [0.1, 0.15) is 54.1 Å². The molecule has 4 heteroatoms. The Morgan fingerprint density at radius 3 is 2.70 bits per heavy atom. The fraction of sp³-hybridized carbons (Fsp3) is 0.579. The molecule has 2 atom stereocenters. The van der Waals surface area contributed by atoms with Crippen LogP contribution in [0.4, 0.5) is 0 Å². The molecule has 1 heterocycles. The summed E-state index contributed by atoms with van der Waals surface area (Å²) in [5, 5.41) is 9.54. The van der Waals surface area contributed by atoms with E-state index in [1.165, 1.54) is 0 Å². The van der Waals surface area contributed by atoms with Crippen molar-refractivity contribution in [1.29, 1.82) is 0 Å². The summed E-state index contributed by atoms with van der Waals surface area (Å²) in [6.45, 7) is 6.64. The third kappa shape index (κ3) is 4.20. The van der Waals surface area contributed by atoms with Crippen LogP contribution in [0.2, 0.25) is 0 Å².